The van der Waals surface area contributed by atoms with Gasteiger partial charge >= 0.3 is 5.97 Å². The molecule has 1 fully saturated rings. The van der Waals surface area contributed by atoms with E-state index in [4.69, 9.17) is 5.11 Å². The van der Waals surface area contributed by atoms with Gasteiger partial charge in [0.2, 0.25) is 0 Å². The molecular formula is C14H17F2NO2. The van der Waals surface area contributed by atoms with Crippen LogP contribution in [0.4, 0.5) is 8.78 Å². The van der Waals surface area contributed by atoms with Crippen LogP contribution < -0.4 is 0 Å². The Kier molecular flexibility index (Phi) is 4.14. The van der Waals surface area contributed by atoms with Gasteiger partial charge in [-0.1, -0.05) is 30.3 Å². The molecule has 1 aromatic rings. The fraction of sp³-hybridized carbons (Fsp3) is 0.500. The van der Waals surface area contributed by atoms with Crippen LogP contribution in [0.5, 0.6) is 0 Å². The first-order valence-corrected chi connectivity index (χ1v) is 6.35. The monoisotopic (exact) mass is 269 g/mol. The maximum Gasteiger partial charge on any atom is 0.303 e. The number of hydrogen-bond donors (Lipinski definition) is 1. The van der Waals surface area contributed by atoms with Crippen LogP contribution in [0.3, 0.4) is 0 Å². The zero-order valence-corrected chi connectivity index (χ0v) is 10.6. The van der Waals surface area contributed by atoms with E-state index in [1.807, 2.05) is 0 Å². The maximum absolute atomic E-state index is 14.0. The zero-order chi connectivity index (χ0) is 13.9. The lowest BCUT2D eigenvalue weighted by Crippen LogP contribution is -2.34. The van der Waals surface area contributed by atoms with Crippen molar-refractivity contribution >= 4 is 5.97 Å². The molecule has 1 saturated heterocycles. The summed E-state index contributed by atoms with van der Waals surface area (Å²) in [5.74, 6) is -3.76. The summed E-state index contributed by atoms with van der Waals surface area (Å²) in [7, 11) is 0. The van der Waals surface area contributed by atoms with E-state index in [0.717, 1.165) is 0 Å². The Hall–Kier alpha value is -1.49. The summed E-state index contributed by atoms with van der Waals surface area (Å²) in [5.41, 5.74) is 0.0108. The normalized spacial score (nSPS) is 20.6. The smallest absolute Gasteiger partial charge is 0.303 e. The van der Waals surface area contributed by atoms with E-state index in [1.54, 1.807) is 23.1 Å². The Labute approximate surface area is 110 Å². The van der Waals surface area contributed by atoms with Gasteiger partial charge < -0.3 is 5.11 Å². The average molecular weight is 269 g/mol. The molecule has 0 aliphatic carbocycles. The Morgan fingerprint density at radius 3 is 2.68 bits per heavy atom. The Morgan fingerprint density at radius 2 is 2.05 bits per heavy atom. The molecule has 2 rings (SSSR count). The van der Waals surface area contributed by atoms with Crippen LogP contribution in [0.15, 0.2) is 30.3 Å². The molecule has 1 aromatic carbocycles. The number of likely N-dealkylation sites (tertiary alicyclic amines) is 1. The molecular weight excluding hydrogens is 252 g/mol. The number of benzene rings is 1. The molecule has 1 aliphatic rings. The molecule has 1 N–H and O–H groups in total. The number of nitrogens with zero attached hydrogens (tertiary/aromatic N) is 1. The van der Waals surface area contributed by atoms with Crippen molar-refractivity contribution in [2.24, 2.45) is 5.92 Å². The summed E-state index contributed by atoms with van der Waals surface area (Å²) in [5, 5.41) is 8.70. The fourth-order valence-corrected chi connectivity index (χ4v) is 2.52. The van der Waals surface area contributed by atoms with Crippen LogP contribution in [-0.2, 0) is 10.7 Å². The van der Waals surface area contributed by atoms with Crippen molar-refractivity contribution in [2.75, 3.05) is 19.6 Å². The molecule has 104 valence electrons. The topological polar surface area (TPSA) is 40.5 Å². The van der Waals surface area contributed by atoms with Crippen molar-refractivity contribution in [1.29, 1.82) is 0 Å². The summed E-state index contributed by atoms with van der Waals surface area (Å²) < 4.78 is 28.1. The largest absolute Gasteiger partial charge is 0.481 e. The highest BCUT2D eigenvalue weighted by atomic mass is 19.3. The summed E-state index contributed by atoms with van der Waals surface area (Å²) >= 11 is 0. The minimum absolute atomic E-state index is 0.0101. The van der Waals surface area contributed by atoms with Gasteiger partial charge in [-0.05, 0) is 18.9 Å². The molecule has 0 aromatic heterocycles. The Balaban J connectivity index is 1.93. The van der Waals surface area contributed by atoms with Gasteiger partial charge in [0.05, 0.1) is 6.54 Å². The van der Waals surface area contributed by atoms with Crippen LogP contribution in [0.1, 0.15) is 18.4 Å². The fourth-order valence-electron chi connectivity index (χ4n) is 2.52. The number of halogens is 2. The van der Waals surface area contributed by atoms with Crippen molar-refractivity contribution in [3.63, 3.8) is 0 Å². The van der Waals surface area contributed by atoms with E-state index >= 15 is 0 Å². The second kappa shape index (κ2) is 5.65. The molecule has 3 nitrogen and oxygen atoms in total. The second-order valence-electron chi connectivity index (χ2n) is 5.06. The van der Waals surface area contributed by atoms with Gasteiger partial charge in [0.15, 0.2) is 0 Å². The van der Waals surface area contributed by atoms with Crippen LogP contribution in [0.25, 0.3) is 0 Å². The SMILES string of the molecule is O=C(O)CC1CCN(CC(F)(F)c2ccccc2)C1. The van der Waals surface area contributed by atoms with E-state index in [1.165, 1.54) is 12.1 Å². The lowest BCUT2D eigenvalue weighted by atomic mass is 10.1. The Morgan fingerprint density at radius 1 is 1.37 bits per heavy atom. The highest BCUT2D eigenvalue weighted by Crippen LogP contribution is 2.31. The first-order valence-electron chi connectivity index (χ1n) is 6.35. The molecule has 0 amide bonds. The predicted molar refractivity (Wildman–Crippen MR) is 67.1 cm³/mol. The van der Waals surface area contributed by atoms with Crippen molar-refractivity contribution < 1.29 is 18.7 Å². The standard InChI is InChI=1S/C14H17F2NO2/c15-14(16,12-4-2-1-3-5-12)10-17-7-6-11(9-17)8-13(18)19/h1-5,11H,6-10H2,(H,18,19). The molecule has 1 atom stereocenters. The van der Waals surface area contributed by atoms with Crippen molar-refractivity contribution in [2.45, 2.75) is 18.8 Å². The number of carboxylic acid groups (broad SMARTS) is 1. The maximum atomic E-state index is 14.0. The van der Waals surface area contributed by atoms with Gasteiger partial charge in [-0.3, -0.25) is 9.69 Å². The van der Waals surface area contributed by atoms with Crippen molar-refractivity contribution in [1.82, 2.24) is 4.90 Å². The highest BCUT2D eigenvalue weighted by Gasteiger charge is 2.36. The van der Waals surface area contributed by atoms with Gasteiger partial charge in [-0.25, -0.2) is 0 Å². The van der Waals surface area contributed by atoms with Gasteiger partial charge in [-0.2, -0.15) is 8.78 Å². The van der Waals surface area contributed by atoms with E-state index in [2.05, 4.69) is 0 Å². The summed E-state index contributed by atoms with van der Waals surface area (Å²) in [6.45, 7) is 0.641. The van der Waals surface area contributed by atoms with Gasteiger partial charge in [-0.15, -0.1) is 0 Å². The van der Waals surface area contributed by atoms with E-state index in [9.17, 15) is 13.6 Å². The molecule has 1 aliphatic heterocycles. The second-order valence-corrected chi connectivity index (χ2v) is 5.06. The predicted octanol–water partition coefficient (Wildman–Crippen LogP) is 2.58. The first-order chi connectivity index (χ1) is 8.97. The molecule has 0 spiro atoms. The van der Waals surface area contributed by atoms with Gasteiger partial charge in [0.1, 0.15) is 0 Å². The van der Waals surface area contributed by atoms with Crippen molar-refractivity contribution in [3.8, 4) is 0 Å². The van der Waals surface area contributed by atoms with Crippen LogP contribution in [0.2, 0.25) is 0 Å². The third-order valence-corrected chi connectivity index (χ3v) is 3.45. The molecule has 19 heavy (non-hydrogen) atoms. The molecule has 0 saturated carbocycles. The number of alkyl halides is 2. The third kappa shape index (κ3) is 3.73. The van der Waals surface area contributed by atoms with E-state index in [-0.39, 0.29) is 24.4 Å². The quantitative estimate of drug-likeness (QED) is 0.893. The van der Waals surface area contributed by atoms with E-state index < -0.39 is 11.9 Å². The lowest BCUT2D eigenvalue weighted by Gasteiger charge is -2.23. The number of rotatable bonds is 5. The minimum atomic E-state index is -2.89. The lowest BCUT2D eigenvalue weighted by molar-refractivity contribution is -0.138. The molecule has 0 radical (unpaired) electrons. The summed E-state index contributed by atoms with van der Waals surface area (Å²) in [4.78, 5) is 12.3. The van der Waals surface area contributed by atoms with Gasteiger partial charge in [0, 0.05) is 18.5 Å². The number of carbonyl (C=O) groups is 1. The summed E-state index contributed by atoms with van der Waals surface area (Å²) in [6.07, 6.45) is 0.741. The van der Waals surface area contributed by atoms with E-state index in [0.29, 0.717) is 19.5 Å². The molecule has 5 heteroatoms. The van der Waals surface area contributed by atoms with Crippen LogP contribution in [-0.4, -0.2) is 35.6 Å². The molecule has 0 bridgehead atoms. The highest BCUT2D eigenvalue weighted by molar-refractivity contribution is 5.67. The third-order valence-electron chi connectivity index (χ3n) is 3.45. The van der Waals surface area contributed by atoms with Crippen LogP contribution >= 0.6 is 0 Å². The number of aliphatic carboxylic acids is 1. The molecule has 1 unspecified atom stereocenters. The number of hydrogen-bond acceptors (Lipinski definition) is 2. The van der Waals surface area contributed by atoms with Gasteiger partial charge in [0.25, 0.3) is 5.92 Å². The van der Waals surface area contributed by atoms with Crippen molar-refractivity contribution in [3.05, 3.63) is 35.9 Å². The number of carboxylic acids is 1. The Bertz CT molecular complexity index is 436. The minimum Gasteiger partial charge on any atom is -0.481 e. The first kappa shape index (κ1) is 13.9. The summed E-state index contributed by atoms with van der Waals surface area (Å²) in [6, 6.07) is 7.74. The zero-order valence-electron chi connectivity index (χ0n) is 10.6. The molecule has 1 heterocycles. The van der Waals surface area contributed by atoms with Crippen LogP contribution in [0, 0.1) is 5.92 Å². The average Bonchev–Trinajstić information content (AvgIpc) is 2.76.